The van der Waals surface area contributed by atoms with Crippen molar-refractivity contribution in [1.82, 2.24) is 20.3 Å². The van der Waals surface area contributed by atoms with Crippen LogP contribution < -0.4 is 14.8 Å². The number of amides is 1. The van der Waals surface area contributed by atoms with Gasteiger partial charge in [-0.3, -0.25) is 4.79 Å². The number of halogens is 1. The Bertz CT molecular complexity index is 941. The second kappa shape index (κ2) is 8.98. The van der Waals surface area contributed by atoms with Crippen LogP contribution in [-0.2, 0) is 13.0 Å². The number of carbonyl (C=O) groups is 1. The van der Waals surface area contributed by atoms with Crippen molar-refractivity contribution in [3.63, 3.8) is 0 Å². The second-order valence-corrected chi connectivity index (χ2v) is 6.12. The molecule has 0 spiro atoms. The highest BCUT2D eigenvalue weighted by Crippen LogP contribution is 2.27. The van der Waals surface area contributed by atoms with Gasteiger partial charge in [-0.2, -0.15) is 0 Å². The predicted molar refractivity (Wildman–Crippen MR) is 101 cm³/mol. The smallest absolute Gasteiger partial charge is 0.273 e. The first-order valence-corrected chi connectivity index (χ1v) is 8.72. The Morgan fingerprint density at radius 2 is 1.79 bits per heavy atom. The lowest BCUT2D eigenvalue weighted by Gasteiger charge is -2.09. The van der Waals surface area contributed by atoms with Crippen molar-refractivity contribution in [3.8, 4) is 11.5 Å². The van der Waals surface area contributed by atoms with E-state index in [1.807, 2.05) is 18.2 Å². The number of benzene rings is 2. The first-order chi connectivity index (χ1) is 13.6. The molecule has 0 unspecified atom stereocenters. The van der Waals surface area contributed by atoms with Crippen LogP contribution in [0.1, 0.15) is 21.6 Å². The van der Waals surface area contributed by atoms with Gasteiger partial charge in [0.15, 0.2) is 17.2 Å². The van der Waals surface area contributed by atoms with E-state index in [-0.39, 0.29) is 17.4 Å². The molecule has 1 N–H and O–H groups in total. The number of nitrogens with zero attached hydrogens (tertiary/aromatic N) is 3. The Morgan fingerprint density at radius 1 is 1.07 bits per heavy atom. The van der Waals surface area contributed by atoms with Crippen molar-refractivity contribution in [2.45, 2.75) is 13.0 Å². The number of aromatic nitrogens is 3. The molecule has 3 rings (SSSR count). The van der Waals surface area contributed by atoms with E-state index in [0.717, 1.165) is 11.1 Å². The third-order valence-corrected chi connectivity index (χ3v) is 4.18. The Labute approximate surface area is 162 Å². The molecule has 1 amide bonds. The largest absolute Gasteiger partial charge is 0.493 e. The van der Waals surface area contributed by atoms with Crippen molar-refractivity contribution in [3.05, 3.63) is 71.3 Å². The van der Waals surface area contributed by atoms with Crippen LogP contribution in [0.5, 0.6) is 11.5 Å². The predicted octanol–water partition coefficient (Wildman–Crippen LogP) is 2.46. The standard InChI is InChI=1S/C20H21FN4O3/c1-27-18-8-5-14(11-19(18)28-2)9-10-22-20(26)17-13-25(24-23-17)12-15-3-6-16(21)7-4-15/h3-8,11,13H,9-10,12H2,1-2H3,(H,22,26). The molecule has 0 aliphatic heterocycles. The molecule has 1 aromatic heterocycles. The Hall–Kier alpha value is -3.42. The van der Waals surface area contributed by atoms with Crippen molar-refractivity contribution in [1.29, 1.82) is 0 Å². The van der Waals surface area contributed by atoms with Gasteiger partial charge >= 0.3 is 0 Å². The van der Waals surface area contributed by atoms with Gasteiger partial charge in [0, 0.05) is 6.54 Å². The van der Waals surface area contributed by atoms with Gasteiger partial charge in [-0.05, 0) is 41.8 Å². The molecule has 0 saturated carbocycles. The van der Waals surface area contributed by atoms with Crippen LogP contribution in [-0.4, -0.2) is 41.7 Å². The molecule has 8 heteroatoms. The minimum atomic E-state index is -0.300. The summed E-state index contributed by atoms with van der Waals surface area (Å²) in [5.74, 6) is 0.714. The molecule has 7 nitrogen and oxygen atoms in total. The summed E-state index contributed by atoms with van der Waals surface area (Å²) in [6, 6.07) is 11.7. The van der Waals surface area contributed by atoms with Gasteiger partial charge in [0.1, 0.15) is 5.82 Å². The highest BCUT2D eigenvalue weighted by molar-refractivity contribution is 5.91. The number of hydrogen-bond acceptors (Lipinski definition) is 5. The maximum atomic E-state index is 13.0. The van der Waals surface area contributed by atoms with E-state index in [2.05, 4.69) is 15.6 Å². The van der Waals surface area contributed by atoms with E-state index in [4.69, 9.17) is 9.47 Å². The molecular formula is C20H21FN4O3. The molecule has 0 fully saturated rings. The Balaban J connectivity index is 1.53. The summed E-state index contributed by atoms with van der Waals surface area (Å²) in [6.45, 7) is 0.853. The number of carbonyl (C=O) groups excluding carboxylic acids is 1. The summed E-state index contributed by atoms with van der Waals surface area (Å²) >= 11 is 0. The van der Waals surface area contributed by atoms with Crippen LogP contribution in [0, 0.1) is 5.82 Å². The SMILES string of the molecule is COc1ccc(CCNC(=O)c2cn(Cc3ccc(F)cc3)nn2)cc1OC. The molecule has 28 heavy (non-hydrogen) atoms. The van der Waals surface area contributed by atoms with Crippen LogP contribution in [0.4, 0.5) is 4.39 Å². The lowest BCUT2D eigenvalue weighted by molar-refractivity contribution is 0.0949. The van der Waals surface area contributed by atoms with E-state index in [1.54, 1.807) is 32.5 Å². The Morgan fingerprint density at radius 3 is 2.50 bits per heavy atom. The van der Waals surface area contributed by atoms with Gasteiger partial charge in [0.05, 0.1) is 27.0 Å². The van der Waals surface area contributed by atoms with Gasteiger partial charge in [0.25, 0.3) is 5.91 Å². The number of nitrogens with one attached hydrogen (secondary N) is 1. The normalized spacial score (nSPS) is 10.5. The van der Waals surface area contributed by atoms with Crippen LogP contribution in [0.2, 0.25) is 0 Å². The number of hydrogen-bond donors (Lipinski definition) is 1. The minimum Gasteiger partial charge on any atom is -0.493 e. The van der Waals surface area contributed by atoms with E-state index in [9.17, 15) is 9.18 Å². The first kappa shape index (κ1) is 19.3. The van der Waals surface area contributed by atoms with E-state index in [1.165, 1.54) is 16.8 Å². The lowest BCUT2D eigenvalue weighted by atomic mass is 10.1. The Kier molecular flexibility index (Phi) is 6.21. The first-order valence-electron chi connectivity index (χ1n) is 8.72. The monoisotopic (exact) mass is 384 g/mol. The third-order valence-electron chi connectivity index (χ3n) is 4.18. The topological polar surface area (TPSA) is 78.3 Å². The van der Waals surface area contributed by atoms with Crippen molar-refractivity contribution in [2.24, 2.45) is 0 Å². The van der Waals surface area contributed by atoms with Crippen molar-refractivity contribution < 1.29 is 18.7 Å². The van der Waals surface area contributed by atoms with Gasteiger partial charge in [0.2, 0.25) is 0 Å². The highest BCUT2D eigenvalue weighted by atomic mass is 19.1. The van der Waals surface area contributed by atoms with Gasteiger partial charge < -0.3 is 14.8 Å². The zero-order chi connectivity index (χ0) is 19.9. The summed E-state index contributed by atoms with van der Waals surface area (Å²) < 4.78 is 25.0. The fourth-order valence-electron chi connectivity index (χ4n) is 2.70. The van der Waals surface area contributed by atoms with Gasteiger partial charge in [-0.15, -0.1) is 5.10 Å². The molecule has 0 bridgehead atoms. The number of rotatable bonds is 8. The van der Waals surface area contributed by atoms with Crippen molar-refractivity contribution >= 4 is 5.91 Å². The molecule has 3 aromatic rings. The molecule has 1 heterocycles. The molecule has 0 atom stereocenters. The summed E-state index contributed by atoms with van der Waals surface area (Å²) in [6.07, 6.45) is 2.20. The second-order valence-electron chi connectivity index (χ2n) is 6.12. The van der Waals surface area contributed by atoms with E-state index in [0.29, 0.717) is 31.0 Å². The average Bonchev–Trinajstić information content (AvgIpc) is 3.18. The molecule has 2 aromatic carbocycles. The summed E-state index contributed by atoms with van der Waals surface area (Å²) in [4.78, 5) is 12.2. The van der Waals surface area contributed by atoms with Crippen molar-refractivity contribution in [2.75, 3.05) is 20.8 Å². The van der Waals surface area contributed by atoms with E-state index >= 15 is 0 Å². The lowest BCUT2D eigenvalue weighted by Crippen LogP contribution is -2.26. The maximum Gasteiger partial charge on any atom is 0.273 e. The zero-order valence-corrected chi connectivity index (χ0v) is 15.7. The maximum absolute atomic E-state index is 13.0. The summed E-state index contributed by atoms with van der Waals surface area (Å²) in [5, 5.41) is 10.7. The quantitative estimate of drug-likeness (QED) is 0.646. The van der Waals surface area contributed by atoms with Crippen LogP contribution >= 0.6 is 0 Å². The number of ether oxygens (including phenoxy) is 2. The van der Waals surface area contributed by atoms with Gasteiger partial charge in [-0.25, -0.2) is 9.07 Å². The van der Waals surface area contributed by atoms with Crippen LogP contribution in [0.3, 0.4) is 0 Å². The van der Waals surface area contributed by atoms with Crippen LogP contribution in [0.25, 0.3) is 0 Å². The fourth-order valence-corrected chi connectivity index (χ4v) is 2.70. The molecule has 146 valence electrons. The third kappa shape index (κ3) is 4.85. The van der Waals surface area contributed by atoms with E-state index < -0.39 is 0 Å². The fraction of sp³-hybridized carbons (Fsp3) is 0.250. The average molecular weight is 384 g/mol. The summed E-state index contributed by atoms with van der Waals surface area (Å²) in [5.41, 5.74) is 2.11. The van der Waals surface area contributed by atoms with Crippen LogP contribution in [0.15, 0.2) is 48.7 Å². The number of methoxy groups -OCH3 is 2. The van der Waals surface area contributed by atoms with Gasteiger partial charge in [-0.1, -0.05) is 23.4 Å². The zero-order valence-electron chi connectivity index (χ0n) is 15.7. The molecule has 0 aliphatic carbocycles. The molecule has 0 radical (unpaired) electrons. The molecule has 0 saturated heterocycles. The molecular weight excluding hydrogens is 363 g/mol. The molecule has 0 aliphatic rings. The minimum absolute atomic E-state index is 0.231. The summed E-state index contributed by atoms with van der Waals surface area (Å²) in [7, 11) is 3.17. The highest BCUT2D eigenvalue weighted by Gasteiger charge is 2.11.